The van der Waals surface area contributed by atoms with Gasteiger partial charge in [-0.1, -0.05) is 6.07 Å². The van der Waals surface area contributed by atoms with Crippen molar-refractivity contribution in [2.45, 2.75) is 82.5 Å². The Balaban J connectivity index is 1.25. The predicted octanol–water partition coefficient (Wildman–Crippen LogP) is 4.66. The number of aromatic nitrogens is 4. The number of hydrogen-bond acceptors (Lipinski definition) is 8. The standard InChI is InChI=1S/C28H34N6O2/c1-17-25(36-4)14-23(31-29-17)18-5-8-21(24(35)13-18)22-9-10-26(32-30-22)34(19-6-7-19)20-15-27(2)11-12-28(3,16-20)33-27/h5,8-10,13-14,19-20,33,35H,6-7,11-12,15-16H2,1-4H3/t20-,27-,28+. The van der Waals surface area contributed by atoms with Gasteiger partial charge in [-0.3, -0.25) is 0 Å². The first-order valence-corrected chi connectivity index (χ1v) is 12.9. The van der Waals surface area contributed by atoms with Crippen molar-refractivity contribution in [1.29, 1.82) is 0 Å². The van der Waals surface area contributed by atoms with E-state index in [1.807, 2.05) is 31.2 Å². The van der Waals surface area contributed by atoms with Gasteiger partial charge in [-0.05, 0) is 83.6 Å². The van der Waals surface area contributed by atoms with Crippen LogP contribution >= 0.6 is 0 Å². The van der Waals surface area contributed by atoms with Crippen LogP contribution in [0.25, 0.3) is 22.5 Å². The molecule has 3 fully saturated rings. The number of benzene rings is 1. The molecule has 0 unspecified atom stereocenters. The van der Waals surface area contributed by atoms with Gasteiger partial charge in [0.25, 0.3) is 0 Å². The summed E-state index contributed by atoms with van der Waals surface area (Å²) >= 11 is 0. The molecule has 4 heterocycles. The first-order chi connectivity index (χ1) is 17.3. The number of rotatable bonds is 6. The minimum Gasteiger partial charge on any atom is -0.507 e. The molecule has 0 radical (unpaired) electrons. The third kappa shape index (κ3) is 4.17. The van der Waals surface area contributed by atoms with Crippen LogP contribution in [0.3, 0.4) is 0 Å². The van der Waals surface area contributed by atoms with Gasteiger partial charge in [-0.25, -0.2) is 0 Å². The third-order valence-electron chi connectivity index (χ3n) is 8.17. The lowest BCUT2D eigenvalue weighted by Crippen LogP contribution is -2.59. The van der Waals surface area contributed by atoms with E-state index in [1.54, 1.807) is 13.2 Å². The van der Waals surface area contributed by atoms with Crippen LogP contribution in [0.5, 0.6) is 11.5 Å². The molecule has 2 aromatic heterocycles. The second kappa shape index (κ2) is 8.40. The Bertz CT molecular complexity index is 1280. The third-order valence-corrected chi connectivity index (χ3v) is 8.17. The minimum atomic E-state index is 0.130. The molecule has 2 bridgehead atoms. The van der Waals surface area contributed by atoms with Crippen molar-refractivity contribution >= 4 is 5.82 Å². The van der Waals surface area contributed by atoms with Gasteiger partial charge < -0.3 is 20.1 Å². The number of piperidine rings is 1. The van der Waals surface area contributed by atoms with Gasteiger partial charge in [0.1, 0.15) is 17.2 Å². The normalized spacial score (nSPS) is 27.2. The molecule has 3 aliphatic rings. The van der Waals surface area contributed by atoms with Crippen molar-refractivity contribution < 1.29 is 9.84 Å². The molecular weight excluding hydrogens is 452 g/mol. The second-order valence-corrected chi connectivity index (χ2v) is 11.3. The SMILES string of the molecule is COc1cc(-c2ccc(-c3ccc(N(C4CC4)[C@H]4C[C@]5(C)CC[C@](C)(C4)N5)nn3)c(O)c2)nnc1C. The van der Waals surface area contributed by atoms with Gasteiger partial charge >= 0.3 is 0 Å². The number of fused-ring (bicyclic) bond motifs is 2. The van der Waals surface area contributed by atoms with Crippen molar-refractivity contribution in [2.24, 2.45) is 0 Å². The average Bonchev–Trinajstić information content (AvgIpc) is 3.65. The van der Waals surface area contributed by atoms with E-state index in [9.17, 15) is 5.11 Å². The van der Waals surface area contributed by atoms with E-state index in [1.165, 1.54) is 25.7 Å². The van der Waals surface area contributed by atoms with Crippen molar-refractivity contribution in [1.82, 2.24) is 25.7 Å². The number of hydrogen-bond donors (Lipinski definition) is 2. The van der Waals surface area contributed by atoms with Gasteiger partial charge in [0.2, 0.25) is 0 Å². The molecule has 2 N–H and O–H groups in total. The summed E-state index contributed by atoms with van der Waals surface area (Å²) < 4.78 is 5.36. The number of methoxy groups -OCH3 is 1. The monoisotopic (exact) mass is 486 g/mol. The van der Waals surface area contributed by atoms with Crippen LogP contribution in [0.4, 0.5) is 5.82 Å². The fraction of sp³-hybridized carbons (Fsp3) is 0.500. The van der Waals surface area contributed by atoms with Crippen LogP contribution in [-0.4, -0.2) is 55.8 Å². The summed E-state index contributed by atoms with van der Waals surface area (Å²) in [6, 6.07) is 12.3. The maximum Gasteiger partial charge on any atom is 0.151 e. The second-order valence-electron chi connectivity index (χ2n) is 11.3. The van der Waals surface area contributed by atoms with E-state index in [2.05, 4.69) is 50.5 Å². The Kier molecular flexibility index (Phi) is 5.41. The molecule has 1 saturated carbocycles. The highest BCUT2D eigenvalue weighted by atomic mass is 16.5. The zero-order chi connectivity index (χ0) is 25.1. The molecule has 2 saturated heterocycles. The number of phenols is 1. The smallest absolute Gasteiger partial charge is 0.151 e. The van der Waals surface area contributed by atoms with Crippen molar-refractivity contribution in [2.75, 3.05) is 12.0 Å². The summed E-state index contributed by atoms with van der Waals surface area (Å²) in [5.74, 6) is 1.73. The number of phenolic OH excluding ortho intramolecular Hbond substituents is 1. The van der Waals surface area contributed by atoms with E-state index in [-0.39, 0.29) is 16.8 Å². The van der Waals surface area contributed by atoms with Crippen molar-refractivity contribution in [3.8, 4) is 34.0 Å². The number of anilines is 1. The first kappa shape index (κ1) is 23.2. The molecule has 3 aromatic rings. The summed E-state index contributed by atoms with van der Waals surface area (Å²) in [5.41, 5.74) is 3.82. The van der Waals surface area contributed by atoms with E-state index in [0.29, 0.717) is 34.8 Å². The topological polar surface area (TPSA) is 96.3 Å². The van der Waals surface area contributed by atoms with Crippen LogP contribution in [0, 0.1) is 6.92 Å². The van der Waals surface area contributed by atoms with Crippen molar-refractivity contribution in [3.63, 3.8) is 0 Å². The molecule has 3 atom stereocenters. The highest BCUT2D eigenvalue weighted by Gasteiger charge is 2.51. The molecule has 2 aliphatic heterocycles. The van der Waals surface area contributed by atoms with Crippen LogP contribution in [0.15, 0.2) is 36.4 Å². The Labute approximate surface area is 212 Å². The molecule has 8 nitrogen and oxygen atoms in total. The first-order valence-electron chi connectivity index (χ1n) is 12.9. The van der Waals surface area contributed by atoms with Gasteiger partial charge in [0.15, 0.2) is 5.82 Å². The quantitative estimate of drug-likeness (QED) is 0.520. The molecule has 1 aliphatic carbocycles. The number of ether oxygens (including phenoxy) is 1. The maximum atomic E-state index is 10.8. The Hall–Kier alpha value is -3.26. The molecule has 1 aromatic carbocycles. The van der Waals surface area contributed by atoms with Crippen molar-refractivity contribution in [3.05, 3.63) is 42.1 Å². The Morgan fingerprint density at radius 3 is 2.25 bits per heavy atom. The fourth-order valence-electron chi connectivity index (χ4n) is 6.34. The van der Waals surface area contributed by atoms with E-state index in [4.69, 9.17) is 4.74 Å². The summed E-state index contributed by atoms with van der Waals surface area (Å²) in [5, 5.41) is 32.3. The lowest BCUT2D eigenvalue weighted by atomic mass is 9.84. The molecule has 36 heavy (non-hydrogen) atoms. The van der Waals surface area contributed by atoms with Crippen LogP contribution in [-0.2, 0) is 0 Å². The minimum absolute atomic E-state index is 0.130. The lowest BCUT2D eigenvalue weighted by Gasteiger charge is -2.46. The summed E-state index contributed by atoms with van der Waals surface area (Å²) in [6.45, 7) is 6.59. The van der Waals surface area contributed by atoms with Crippen LogP contribution in [0.1, 0.15) is 58.1 Å². The van der Waals surface area contributed by atoms with E-state index < -0.39 is 0 Å². The molecule has 0 spiro atoms. The van der Waals surface area contributed by atoms with Crippen LogP contribution < -0.4 is 15.0 Å². The molecule has 188 valence electrons. The van der Waals surface area contributed by atoms with Crippen LogP contribution in [0.2, 0.25) is 0 Å². The van der Waals surface area contributed by atoms with Gasteiger partial charge in [-0.15, -0.1) is 15.3 Å². The fourth-order valence-corrected chi connectivity index (χ4v) is 6.34. The highest BCUT2D eigenvalue weighted by molar-refractivity contribution is 5.73. The summed E-state index contributed by atoms with van der Waals surface area (Å²) in [6.07, 6.45) is 7.18. The summed E-state index contributed by atoms with van der Waals surface area (Å²) in [4.78, 5) is 2.53. The van der Waals surface area contributed by atoms with E-state index >= 15 is 0 Å². The zero-order valence-corrected chi connectivity index (χ0v) is 21.5. The number of aromatic hydroxyl groups is 1. The molecule has 8 heteroatoms. The van der Waals surface area contributed by atoms with Gasteiger partial charge in [-0.2, -0.15) is 5.10 Å². The average molecular weight is 487 g/mol. The lowest BCUT2D eigenvalue weighted by molar-refractivity contribution is 0.203. The molecule has 6 rings (SSSR count). The van der Waals surface area contributed by atoms with Gasteiger partial charge in [0, 0.05) is 40.4 Å². The summed E-state index contributed by atoms with van der Waals surface area (Å²) in [7, 11) is 1.61. The van der Waals surface area contributed by atoms with Gasteiger partial charge in [0.05, 0.1) is 18.5 Å². The van der Waals surface area contributed by atoms with E-state index in [0.717, 1.165) is 29.9 Å². The zero-order valence-electron chi connectivity index (χ0n) is 21.5. The Morgan fingerprint density at radius 2 is 1.64 bits per heavy atom. The number of aryl methyl sites for hydroxylation is 1. The molecule has 0 amide bonds. The predicted molar refractivity (Wildman–Crippen MR) is 139 cm³/mol. The largest absolute Gasteiger partial charge is 0.507 e. The number of nitrogens with one attached hydrogen (secondary N) is 1. The number of nitrogens with zero attached hydrogens (tertiary/aromatic N) is 5. The maximum absolute atomic E-state index is 10.8. The highest BCUT2D eigenvalue weighted by Crippen LogP contribution is 2.46. The Morgan fingerprint density at radius 1 is 0.917 bits per heavy atom. The molecular formula is C28H34N6O2.